The third kappa shape index (κ3) is 7.11. The number of guanidine groups is 1. The number of aliphatic imine (C=N–C) groups is 1. The lowest BCUT2D eigenvalue weighted by atomic mass is 10.3. The van der Waals surface area contributed by atoms with E-state index in [0.29, 0.717) is 24.7 Å². The summed E-state index contributed by atoms with van der Waals surface area (Å²) in [5, 5.41) is 7.88. The van der Waals surface area contributed by atoms with Crippen molar-refractivity contribution in [2.45, 2.75) is 19.9 Å². The summed E-state index contributed by atoms with van der Waals surface area (Å²) in [6.07, 6.45) is 0.860. The number of nitrogens with one attached hydrogen (secondary N) is 1. The van der Waals surface area contributed by atoms with E-state index in [1.54, 1.807) is 13.1 Å². The molecule has 0 aliphatic heterocycles. The molecule has 0 fully saturated rings. The maximum Gasteiger partial charge on any atom is 0.193 e. The fraction of sp³-hybridized carbons (Fsp3) is 0.412. The van der Waals surface area contributed by atoms with E-state index in [0.717, 1.165) is 29.6 Å². The van der Waals surface area contributed by atoms with Crippen LogP contribution in [0.25, 0.3) is 0 Å². The summed E-state index contributed by atoms with van der Waals surface area (Å²) in [5.74, 6) is 2.31. The Morgan fingerprint density at radius 2 is 2.20 bits per heavy atom. The normalized spacial score (nSPS) is 11.0. The van der Waals surface area contributed by atoms with Crippen LogP contribution in [-0.4, -0.2) is 43.3 Å². The molecule has 2 rings (SSSR count). The third-order valence-electron chi connectivity index (χ3n) is 3.46. The Morgan fingerprint density at radius 3 is 2.84 bits per heavy atom. The second-order valence-electron chi connectivity index (χ2n) is 5.27. The number of rotatable bonds is 7. The monoisotopic (exact) mass is 478 g/mol. The molecule has 25 heavy (non-hydrogen) atoms. The number of aryl methyl sites for hydroxylation is 1. The van der Waals surface area contributed by atoms with Gasteiger partial charge in [-0.2, -0.15) is 0 Å². The topological polar surface area (TPSA) is 62.9 Å². The van der Waals surface area contributed by atoms with Gasteiger partial charge in [0.05, 0.1) is 18.8 Å². The predicted octanol–water partition coefficient (Wildman–Crippen LogP) is 3.59. The third-order valence-corrected chi connectivity index (χ3v) is 3.69. The quantitative estimate of drug-likeness (QED) is 0.374. The van der Waals surface area contributed by atoms with E-state index in [9.17, 15) is 0 Å². The van der Waals surface area contributed by atoms with Crippen LogP contribution < -0.4 is 10.1 Å². The summed E-state index contributed by atoms with van der Waals surface area (Å²) in [6.45, 7) is 3.80. The average Bonchev–Trinajstić information content (AvgIpc) is 3.03. The molecule has 8 heteroatoms. The SMILES string of the molecule is CCc1cc(CNC(=NC)N(C)CCOc2cccc(Cl)c2)on1.I. The molecule has 138 valence electrons. The molecule has 0 spiro atoms. The van der Waals surface area contributed by atoms with Gasteiger partial charge in [0, 0.05) is 25.2 Å². The molecule has 0 amide bonds. The van der Waals surface area contributed by atoms with Gasteiger partial charge < -0.3 is 19.5 Å². The van der Waals surface area contributed by atoms with Crippen LogP contribution in [0.3, 0.4) is 0 Å². The van der Waals surface area contributed by atoms with Crippen molar-refractivity contribution < 1.29 is 9.26 Å². The second-order valence-corrected chi connectivity index (χ2v) is 5.70. The lowest BCUT2D eigenvalue weighted by Gasteiger charge is -2.21. The van der Waals surface area contributed by atoms with Gasteiger partial charge in [0.2, 0.25) is 0 Å². The van der Waals surface area contributed by atoms with Crippen molar-refractivity contribution in [2.75, 3.05) is 27.2 Å². The highest BCUT2D eigenvalue weighted by atomic mass is 127. The number of halogens is 2. The number of nitrogens with zero attached hydrogens (tertiary/aromatic N) is 3. The fourth-order valence-electron chi connectivity index (χ4n) is 2.12. The van der Waals surface area contributed by atoms with Crippen molar-refractivity contribution in [3.8, 4) is 5.75 Å². The molecule has 1 heterocycles. The molecule has 6 nitrogen and oxygen atoms in total. The zero-order valence-corrected chi connectivity index (χ0v) is 17.7. The van der Waals surface area contributed by atoms with Gasteiger partial charge in [-0.15, -0.1) is 24.0 Å². The van der Waals surface area contributed by atoms with Crippen molar-refractivity contribution in [1.29, 1.82) is 0 Å². The molecule has 0 unspecified atom stereocenters. The molecule has 1 aromatic heterocycles. The smallest absolute Gasteiger partial charge is 0.193 e. The van der Waals surface area contributed by atoms with E-state index in [2.05, 4.69) is 15.5 Å². The van der Waals surface area contributed by atoms with Gasteiger partial charge in [0.15, 0.2) is 11.7 Å². The van der Waals surface area contributed by atoms with E-state index in [1.165, 1.54) is 0 Å². The lowest BCUT2D eigenvalue weighted by molar-refractivity contribution is 0.280. The zero-order valence-electron chi connectivity index (χ0n) is 14.7. The van der Waals surface area contributed by atoms with Crippen molar-refractivity contribution in [2.24, 2.45) is 4.99 Å². The molecular formula is C17H24ClIN4O2. The molecule has 1 N–H and O–H groups in total. The summed E-state index contributed by atoms with van der Waals surface area (Å²) in [7, 11) is 3.70. The highest BCUT2D eigenvalue weighted by Gasteiger charge is 2.08. The first kappa shape index (κ1) is 21.6. The number of aromatic nitrogens is 1. The van der Waals surface area contributed by atoms with E-state index >= 15 is 0 Å². The van der Waals surface area contributed by atoms with E-state index < -0.39 is 0 Å². The summed E-state index contributed by atoms with van der Waals surface area (Å²) < 4.78 is 11.0. The Labute approximate surface area is 170 Å². The Morgan fingerprint density at radius 1 is 1.40 bits per heavy atom. The lowest BCUT2D eigenvalue weighted by Crippen LogP contribution is -2.40. The number of benzene rings is 1. The highest BCUT2D eigenvalue weighted by molar-refractivity contribution is 14.0. The molecule has 0 atom stereocenters. The van der Waals surface area contributed by atoms with Crippen molar-refractivity contribution in [3.05, 3.63) is 46.8 Å². The van der Waals surface area contributed by atoms with Crippen LogP contribution in [0.4, 0.5) is 0 Å². The predicted molar refractivity (Wildman–Crippen MR) is 111 cm³/mol. The Bertz CT molecular complexity index is 678. The number of hydrogen-bond acceptors (Lipinski definition) is 4. The van der Waals surface area contributed by atoms with Gasteiger partial charge in [0.25, 0.3) is 0 Å². The van der Waals surface area contributed by atoms with E-state index in [-0.39, 0.29) is 24.0 Å². The largest absolute Gasteiger partial charge is 0.492 e. The fourth-order valence-corrected chi connectivity index (χ4v) is 2.30. The highest BCUT2D eigenvalue weighted by Crippen LogP contribution is 2.16. The number of likely N-dealkylation sites (N-methyl/N-ethyl adjacent to an activating group) is 1. The van der Waals surface area contributed by atoms with Crippen LogP contribution in [0.15, 0.2) is 39.8 Å². The first-order valence-corrected chi connectivity index (χ1v) is 8.24. The minimum Gasteiger partial charge on any atom is -0.492 e. The first-order chi connectivity index (χ1) is 11.6. The van der Waals surface area contributed by atoms with E-state index in [4.69, 9.17) is 20.9 Å². The maximum atomic E-state index is 5.94. The molecule has 0 saturated carbocycles. The molecule has 0 aliphatic rings. The van der Waals surface area contributed by atoms with Gasteiger partial charge in [-0.3, -0.25) is 4.99 Å². The molecular weight excluding hydrogens is 455 g/mol. The molecule has 0 bridgehead atoms. The molecule has 1 aromatic carbocycles. The number of hydrogen-bond donors (Lipinski definition) is 1. The minimum atomic E-state index is 0. The van der Waals surface area contributed by atoms with Gasteiger partial charge in [-0.25, -0.2) is 0 Å². The van der Waals surface area contributed by atoms with E-state index in [1.807, 2.05) is 43.1 Å². The number of ether oxygens (including phenoxy) is 1. The molecule has 0 aliphatic carbocycles. The van der Waals surface area contributed by atoms with Gasteiger partial charge in [-0.1, -0.05) is 29.7 Å². The average molecular weight is 479 g/mol. The van der Waals surface area contributed by atoms with Crippen LogP contribution in [0.1, 0.15) is 18.4 Å². The zero-order chi connectivity index (χ0) is 17.4. The second kappa shape index (κ2) is 11.2. The summed E-state index contributed by atoms with van der Waals surface area (Å²) in [6, 6.07) is 9.31. The van der Waals surface area contributed by atoms with Crippen molar-refractivity contribution in [1.82, 2.24) is 15.4 Å². The standard InChI is InChI=1S/C17H23ClN4O2.HI/c1-4-14-11-16(24-21-14)12-20-17(19-2)22(3)8-9-23-15-7-5-6-13(18)10-15;/h5-7,10-11H,4,8-9,12H2,1-3H3,(H,19,20);1H. The van der Waals surface area contributed by atoms with Gasteiger partial charge in [-0.05, 0) is 24.6 Å². The maximum absolute atomic E-state index is 5.94. The van der Waals surface area contributed by atoms with Crippen molar-refractivity contribution >= 4 is 41.5 Å². The van der Waals surface area contributed by atoms with Crippen LogP contribution >= 0.6 is 35.6 Å². The summed E-state index contributed by atoms with van der Waals surface area (Å²) in [5.41, 5.74) is 0.949. The summed E-state index contributed by atoms with van der Waals surface area (Å²) >= 11 is 5.94. The van der Waals surface area contributed by atoms with Gasteiger partial charge >= 0.3 is 0 Å². The Kier molecular flexibility index (Phi) is 9.66. The van der Waals surface area contributed by atoms with Crippen LogP contribution in [-0.2, 0) is 13.0 Å². The Balaban J connectivity index is 0.00000312. The summed E-state index contributed by atoms with van der Waals surface area (Å²) in [4.78, 5) is 6.25. The molecule has 0 radical (unpaired) electrons. The first-order valence-electron chi connectivity index (χ1n) is 7.87. The Hall–Kier alpha value is -1.48. The van der Waals surface area contributed by atoms with Crippen molar-refractivity contribution in [3.63, 3.8) is 0 Å². The minimum absolute atomic E-state index is 0. The molecule has 0 saturated heterocycles. The van der Waals surface area contributed by atoms with Crippen LogP contribution in [0.2, 0.25) is 5.02 Å². The van der Waals surface area contributed by atoms with Gasteiger partial charge in [0.1, 0.15) is 12.4 Å². The van der Waals surface area contributed by atoms with Crippen LogP contribution in [0, 0.1) is 0 Å². The molecule has 2 aromatic rings. The van der Waals surface area contributed by atoms with Crippen LogP contribution in [0.5, 0.6) is 5.75 Å².